The van der Waals surface area contributed by atoms with Crippen LogP contribution in [-0.4, -0.2) is 28.0 Å². The third-order valence-corrected chi connectivity index (χ3v) is 4.44. The van der Waals surface area contributed by atoms with Crippen molar-refractivity contribution in [3.05, 3.63) is 54.6 Å². The van der Waals surface area contributed by atoms with Gasteiger partial charge in [-0.05, 0) is 50.2 Å². The minimum absolute atomic E-state index is 0.140. The number of hydrogen-bond acceptors (Lipinski definition) is 6. The highest BCUT2D eigenvalue weighted by Crippen LogP contribution is 2.26. The fourth-order valence-corrected chi connectivity index (χ4v) is 2.89. The van der Waals surface area contributed by atoms with Gasteiger partial charge in [-0.25, -0.2) is 0 Å². The first-order chi connectivity index (χ1) is 12.7. The van der Waals surface area contributed by atoms with Crippen LogP contribution in [0.4, 0.5) is 5.69 Å². The van der Waals surface area contributed by atoms with E-state index >= 15 is 0 Å². The molecule has 1 atom stereocenters. The molecule has 0 saturated carbocycles. The zero-order valence-corrected chi connectivity index (χ0v) is 15.3. The number of nitrogens with zero attached hydrogens (tertiary/aromatic N) is 2. The van der Waals surface area contributed by atoms with Crippen molar-refractivity contribution in [2.24, 2.45) is 0 Å². The number of carbonyl (C=O) groups is 1. The molecule has 2 aromatic carbocycles. The molecule has 134 valence electrons. The molecule has 0 fully saturated rings. The van der Waals surface area contributed by atoms with E-state index in [0.29, 0.717) is 23.4 Å². The van der Waals surface area contributed by atoms with Crippen LogP contribution in [-0.2, 0) is 4.79 Å². The van der Waals surface area contributed by atoms with E-state index in [-0.39, 0.29) is 11.2 Å². The first kappa shape index (κ1) is 18.0. The number of benzene rings is 2. The van der Waals surface area contributed by atoms with E-state index in [9.17, 15) is 4.79 Å². The zero-order chi connectivity index (χ0) is 18.4. The Balaban J connectivity index is 1.58. The maximum atomic E-state index is 12.4. The lowest BCUT2D eigenvalue weighted by Crippen LogP contribution is -2.22. The van der Waals surface area contributed by atoms with Gasteiger partial charge in [-0.2, -0.15) is 0 Å². The Morgan fingerprint density at radius 3 is 2.58 bits per heavy atom. The van der Waals surface area contributed by atoms with Crippen LogP contribution in [0, 0.1) is 0 Å². The van der Waals surface area contributed by atoms with Crippen LogP contribution in [0.15, 0.2) is 64.2 Å². The summed E-state index contributed by atoms with van der Waals surface area (Å²) in [5.74, 6) is 1.07. The average Bonchev–Trinajstić information content (AvgIpc) is 3.13. The van der Waals surface area contributed by atoms with Gasteiger partial charge in [-0.3, -0.25) is 4.79 Å². The highest BCUT2D eigenvalue weighted by molar-refractivity contribution is 8.00. The summed E-state index contributed by atoms with van der Waals surface area (Å²) in [5, 5.41) is 10.9. The lowest BCUT2D eigenvalue weighted by molar-refractivity contribution is -0.115. The lowest BCUT2D eigenvalue weighted by atomic mass is 10.2. The largest absolute Gasteiger partial charge is 0.494 e. The molecular formula is C19H19N3O3S. The number of rotatable bonds is 7. The number of aromatic nitrogens is 2. The molecule has 0 aliphatic carbocycles. The SMILES string of the molecule is CCOc1ccc(NC(=O)[C@H](C)Sc2nnc(-c3ccccc3)o2)cc1. The molecule has 6 nitrogen and oxygen atoms in total. The molecule has 0 radical (unpaired) electrons. The predicted octanol–water partition coefficient (Wildman–Crippen LogP) is 4.25. The van der Waals surface area contributed by atoms with Gasteiger partial charge in [-0.15, -0.1) is 10.2 Å². The normalized spacial score (nSPS) is 11.8. The lowest BCUT2D eigenvalue weighted by Gasteiger charge is -2.10. The van der Waals surface area contributed by atoms with Crippen molar-refractivity contribution in [1.82, 2.24) is 10.2 Å². The molecule has 1 aromatic heterocycles. The number of hydrogen-bond donors (Lipinski definition) is 1. The molecule has 1 N–H and O–H groups in total. The summed E-state index contributed by atoms with van der Waals surface area (Å²) >= 11 is 1.22. The molecule has 1 heterocycles. The molecule has 0 aliphatic heterocycles. The molecular weight excluding hydrogens is 350 g/mol. The third kappa shape index (κ3) is 4.64. The summed E-state index contributed by atoms with van der Waals surface area (Å²) in [6.45, 7) is 4.32. The van der Waals surface area contributed by atoms with Crippen LogP contribution < -0.4 is 10.1 Å². The van der Waals surface area contributed by atoms with Crippen LogP contribution in [0.2, 0.25) is 0 Å². The van der Waals surface area contributed by atoms with E-state index in [4.69, 9.17) is 9.15 Å². The van der Waals surface area contributed by atoms with E-state index in [1.807, 2.05) is 49.4 Å². The van der Waals surface area contributed by atoms with Gasteiger partial charge in [0.1, 0.15) is 5.75 Å². The van der Waals surface area contributed by atoms with Gasteiger partial charge >= 0.3 is 0 Å². The second-order valence-electron chi connectivity index (χ2n) is 5.45. The number of anilines is 1. The molecule has 3 rings (SSSR count). The average molecular weight is 369 g/mol. The molecule has 3 aromatic rings. The number of thioether (sulfide) groups is 1. The first-order valence-corrected chi connectivity index (χ1v) is 9.13. The van der Waals surface area contributed by atoms with Gasteiger partial charge in [0.25, 0.3) is 5.22 Å². The highest BCUT2D eigenvalue weighted by Gasteiger charge is 2.19. The Morgan fingerprint density at radius 2 is 1.88 bits per heavy atom. The summed E-state index contributed by atoms with van der Waals surface area (Å²) in [6, 6.07) is 16.8. The predicted molar refractivity (Wildman–Crippen MR) is 101 cm³/mol. The second kappa shape index (κ2) is 8.53. The standard InChI is InChI=1S/C19H19N3O3S/c1-3-24-16-11-9-15(10-12-16)20-17(23)13(2)26-19-22-21-18(25-19)14-7-5-4-6-8-14/h4-13H,3H2,1-2H3,(H,20,23)/t13-/m0/s1. The minimum atomic E-state index is -0.384. The van der Waals surface area contributed by atoms with Crippen molar-refractivity contribution < 1.29 is 13.9 Å². The summed E-state index contributed by atoms with van der Waals surface area (Å²) < 4.78 is 11.0. The fourth-order valence-electron chi connectivity index (χ4n) is 2.20. The van der Waals surface area contributed by atoms with E-state index in [0.717, 1.165) is 11.3 Å². The monoisotopic (exact) mass is 369 g/mol. The van der Waals surface area contributed by atoms with Crippen molar-refractivity contribution in [3.63, 3.8) is 0 Å². The first-order valence-electron chi connectivity index (χ1n) is 8.25. The maximum absolute atomic E-state index is 12.4. The van der Waals surface area contributed by atoms with Gasteiger partial charge in [0.2, 0.25) is 11.8 Å². The van der Waals surface area contributed by atoms with Gasteiger partial charge < -0.3 is 14.5 Å². The van der Waals surface area contributed by atoms with Gasteiger partial charge in [0.05, 0.1) is 11.9 Å². The summed E-state index contributed by atoms with van der Waals surface area (Å²) in [6.07, 6.45) is 0. The van der Waals surface area contributed by atoms with Gasteiger partial charge in [-0.1, -0.05) is 30.0 Å². The Morgan fingerprint density at radius 1 is 1.15 bits per heavy atom. The van der Waals surface area contributed by atoms with E-state index in [1.54, 1.807) is 19.1 Å². The van der Waals surface area contributed by atoms with Crippen LogP contribution in [0.5, 0.6) is 5.75 Å². The molecule has 0 spiro atoms. The zero-order valence-electron chi connectivity index (χ0n) is 14.5. The highest BCUT2D eigenvalue weighted by atomic mass is 32.2. The van der Waals surface area contributed by atoms with Gasteiger partial charge in [0, 0.05) is 11.3 Å². The minimum Gasteiger partial charge on any atom is -0.494 e. The Kier molecular flexibility index (Phi) is 5.91. The van der Waals surface area contributed by atoms with Crippen molar-refractivity contribution in [3.8, 4) is 17.2 Å². The maximum Gasteiger partial charge on any atom is 0.277 e. The van der Waals surface area contributed by atoms with Crippen LogP contribution >= 0.6 is 11.8 Å². The van der Waals surface area contributed by atoms with Crippen LogP contribution in [0.1, 0.15) is 13.8 Å². The van der Waals surface area contributed by atoms with Crippen molar-refractivity contribution in [2.45, 2.75) is 24.3 Å². The molecule has 7 heteroatoms. The molecule has 0 aliphatic rings. The third-order valence-electron chi connectivity index (χ3n) is 3.51. The van der Waals surface area contributed by atoms with Crippen molar-refractivity contribution >= 4 is 23.4 Å². The molecule has 1 amide bonds. The molecule has 0 bridgehead atoms. The Labute approximate surface area is 156 Å². The van der Waals surface area contributed by atoms with Crippen LogP contribution in [0.25, 0.3) is 11.5 Å². The smallest absolute Gasteiger partial charge is 0.277 e. The molecule has 0 saturated heterocycles. The Hall–Kier alpha value is -2.80. The number of carbonyl (C=O) groups excluding carboxylic acids is 1. The molecule has 0 unspecified atom stereocenters. The van der Waals surface area contributed by atoms with E-state index < -0.39 is 0 Å². The van der Waals surface area contributed by atoms with E-state index in [2.05, 4.69) is 15.5 Å². The number of ether oxygens (including phenoxy) is 1. The van der Waals surface area contributed by atoms with Crippen LogP contribution in [0.3, 0.4) is 0 Å². The summed E-state index contributed by atoms with van der Waals surface area (Å²) in [4.78, 5) is 12.4. The summed E-state index contributed by atoms with van der Waals surface area (Å²) in [5.41, 5.74) is 1.56. The quantitative estimate of drug-likeness (QED) is 0.627. The van der Waals surface area contributed by atoms with Gasteiger partial charge in [0.15, 0.2) is 0 Å². The van der Waals surface area contributed by atoms with E-state index in [1.165, 1.54) is 11.8 Å². The molecule has 26 heavy (non-hydrogen) atoms. The van der Waals surface area contributed by atoms with Crippen molar-refractivity contribution in [1.29, 1.82) is 0 Å². The topological polar surface area (TPSA) is 77.2 Å². The second-order valence-corrected chi connectivity index (χ2v) is 6.74. The van der Waals surface area contributed by atoms with Crippen molar-refractivity contribution in [2.75, 3.05) is 11.9 Å². The summed E-state index contributed by atoms with van der Waals surface area (Å²) in [7, 11) is 0. The number of amides is 1. The number of nitrogens with one attached hydrogen (secondary N) is 1. The Bertz CT molecular complexity index is 850. The fraction of sp³-hybridized carbons (Fsp3) is 0.211.